The molecule has 0 aromatic heterocycles. The lowest BCUT2D eigenvalue weighted by Crippen LogP contribution is -2.16. The Labute approximate surface area is 115 Å². The molecular formula is C6H11Br2Cl2O4P. The van der Waals surface area contributed by atoms with Crippen molar-refractivity contribution in [3.8, 4) is 0 Å². The minimum Gasteiger partial charge on any atom is -0.302 e. The standard InChI is InChI=1S/C6H11Br2Cl2O4P/c1-6(9,10)4-14-15(11,12)13-3-5(8)2-7/h5H,2-4H2,1H3,(H,11,12). The molecule has 1 N–H and O–H groups in total. The van der Waals surface area contributed by atoms with Crippen LogP contribution in [0.5, 0.6) is 0 Å². The van der Waals surface area contributed by atoms with Crippen LogP contribution in [0, 0.1) is 0 Å². The Morgan fingerprint density at radius 2 is 2.07 bits per heavy atom. The Bertz CT molecular complexity index is 236. The van der Waals surface area contributed by atoms with E-state index in [-0.39, 0.29) is 18.0 Å². The van der Waals surface area contributed by atoms with Gasteiger partial charge in [0, 0.05) is 10.2 Å². The lowest BCUT2D eigenvalue weighted by Gasteiger charge is -2.17. The van der Waals surface area contributed by atoms with Gasteiger partial charge in [-0.2, -0.15) is 0 Å². The van der Waals surface area contributed by atoms with E-state index in [1.54, 1.807) is 0 Å². The minimum atomic E-state index is -4.08. The van der Waals surface area contributed by atoms with Crippen LogP contribution in [0.3, 0.4) is 0 Å². The first kappa shape index (κ1) is 16.6. The Morgan fingerprint density at radius 3 is 2.47 bits per heavy atom. The summed E-state index contributed by atoms with van der Waals surface area (Å²) in [6.07, 6.45) is 0. The topological polar surface area (TPSA) is 55.8 Å². The fourth-order valence-corrected chi connectivity index (χ4v) is 2.10. The summed E-state index contributed by atoms with van der Waals surface area (Å²) in [5.41, 5.74) is 0. The Kier molecular flexibility index (Phi) is 7.95. The molecule has 0 bridgehead atoms. The molecule has 0 radical (unpaired) electrons. The maximum absolute atomic E-state index is 11.2. The molecule has 92 valence electrons. The molecule has 0 aromatic carbocycles. The Hall–Kier alpha value is 1.65. The van der Waals surface area contributed by atoms with Crippen molar-refractivity contribution in [3.05, 3.63) is 0 Å². The van der Waals surface area contributed by atoms with Crippen LogP contribution in [0.15, 0.2) is 0 Å². The van der Waals surface area contributed by atoms with E-state index < -0.39 is 12.2 Å². The largest absolute Gasteiger partial charge is 0.472 e. The highest BCUT2D eigenvalue weighted by Gasteiger charge is 2.27. The SMILES string of the molecule is CC(Cl)(Cl)COP(=O)(O)OCC(Br)CBr. The predicted molar refractivity (Wildman–Crippen MR) is 68.3 cm³/mol. The first-order valence-electron chi connectivity index (χ1n) is 3.86. The van der Waals surface area contributed by atoms with Gasteiger partial charge in [-0.25, -0.2) is 4.57 Å². The number of alkyl halides is 4. The molecule has 0 heterocycles. The van der Waals surface area contributed by atoms with Crippen LogP contribution in [-0.4, -0.2) is 32.6 Å². The molecule has 0 saturated heterocycles. The zero-order valence-corrected chi connectivity index (χ0v) is 13.4. The Balaban J connectivity index is 3.93. The molecule has 0 spiro atoms. The van der Waals surface area contributed by atoms with Crippen LogP contribution in [0.1, 0.15) is 6.92 Å². The molecule has 0 aliphatic heterocycles. The zero-order chi connectivity index (χ0) is 12.1. The number of halogens is 4. The predicted octanol–water partition coefficient (Wildman–Crippen LogP) is 3.47. The number of hydrogen-bond donors (Lipinski definition) is 1. The van der Waals surface area contributed by atoms with Gasteiger partial charge in [0.1, 0.15) is 4.33 Å². The molecule has 0 aliphatic rings. The third-order valence-electron chi connectivity index (χ3n) is 1.07. The molecule has 0 fully saturated rings. The van der Waals surface area contributed by atoms with Gasteiger partial charge in [0.15, 0.2) is 0 Å². The first-order valence-corrected chi connectivity index (χ1v) is 8.15. The summed E-state index contributed by atoms with van der Waals surface area (Å²) in [5.74, 6) is 0. The van der Waals surface area contributed by atoms with Crippen molar-refractivity contribution in [2.75, 3.05) is 18.5 Å². The van der Waals surface area contributed by atoms with E-state index in [0.29, 0.717) is 5.33 Å². The molecule has 0 saturated carbocycles. The van der Waals surface area contributed by atoms with Gasteiger partial charge >= 0.3 is 7.82 Å². The molecule has 0 rings (SSSR count). The van der Waals surface area contributed by atoms with Gasteiger partial charge in [-0.3, -0.25) is 9.05 Å². The average Bonchev–Trinajstić information content (AvgIpc) is 2.10. The minimum absolute atomic E-state index is 0.0420. The second-order valence-electron chi connectivity index (χ2n) is 2.86. The van der Waals surface area contributed by atoms with E-state index in [9.17, 15) is 9.46 Å². The summed E-state index contributed by atoms with van der Waals surface area (Å²) in [7, 11) is -4.08. The quantitative estimate of drug-likeness (QED) is 0.517. The van der Waals surface area contributed by atoms with Crippen molar-refractivity contribution in [1.82, 2.24) is 0 Å². The number of hydrogen-bond acceptors (Lipinski definition) is 3. The van der Waals surface area contributed by atoms with Gasteiger partial charge in [-0.15, -0.1) is 0 Å². The summed E-state index contributed by atoms with van der Waals surface area (Å²) in [4.78, 5) is 9.11. The van der Waals surface area contributed by atoms with Crippen molar-refractivity contribution < 1.29 is 18.5 Å². The third-order valence-corrected chi connectivity index (χ3v) is 4.45. The van der Waals surface area contributed by atoms with Gasteiger partial charge in [-0.1, -0.05) is 55.1 Å². The molecule has 4 nitrogen and oxygen atoms in total. The van der Waals surface area contributed by atoms with Crippen LogP contribution in [-0.2, 0) is 13.6 Å². The van der Waals surface area contributed by atoms with Gasteiger partial charge in [0.25, 0.3) is 0 Å². The molecule has 2 unspecified atom stereocenters. The van der Waals surface area contributed by atoms with Crippen LogP contribution in [0.4, 0.5) is 0 Å². The highest BCUT2D eigenvalue weighted by molar-refractivity contribution is 9.12. The molecule has 15 heavy (non-hydrogen) atoms. The molecule has 9 heteroatoms. The number of rotatable bonds is 7. The van der Waals surface area contributed by atoms with Gasteiger partial charge in [0.05, 0.1) is 13.2 Å². The summed E-state index contributed by atoms with van der Waals surface area (Å²) < 4.78 is 19.3. The van der Waals surface area contributed by atoms with Crippen molar-refractivity contribution in [1.29, 1.82) is 0 Å². The van der Waals surface area contributed by atoms with E-state index in [1.807, 2.05) is 0 Å². The highest BCUT2D eigenvalue weighted by Crippen LogP contribution is 2.45. The lowest BCUT2D eigenvalue weighted by atomic mass is 10.5. The highest BCUT2D eigenvalue weighted by atomic mass is 79.9. The number of phosphoric ester groups is 1. The summed E-state index contributed by atoms with van der Waals surface area (Å²) >= 11 is 17.5. The Morgan fingerprint density at radius 1 is 1.53 bits per heavy atom. The maximum atomic E-state index is 11.2. The summed E-state index contributed by atoms with van der Waals surface area (Å²) in [6.45, 7) is 1.20. The molecule has 0 aliphatic carbocycles. The summed E-state index contributed by atoms with van der Waals surface area (Å²) in [5, 5.41) is 0.593. The smallest absolute Gasteiger partial charge is 0.302 e. The van der Waals surface area contributed by atoms with Crippen LogP contribution < -0.4 is 0 Å². The molecule has 0 amide bonds. The van der Waals surface area contributed by atoms with E-state index in [4.69, 9.17) is 23.2 Å². The van der Waals surface area contributed by atoms with Crippen molar-refractivity contribution in [3.63, 3.8) is 0 Å². The second-order valence-corrected chi connectivity index (χ2v) is 8.12. The zero-order valence-electron chi connectivity index (χ0n) is 7.83. The average molecular weight is 409 g/mol. The molecule has 0 aromatic rings. The fourth-order valence-electron chi connectivity index (χ4n) is 0.452. The summed E-state index contributed by atoms with van der Waals surface area (Å²) in [6, 6.07) is 0. The van der Waals surface area contributed by atoms with Gasteiger partial charge in [-0.05, 0) is 6.92 Å². The van der Waals surface area contributed by atoms with Crippen LogP contribution in [0.25, 0.3) is 0 Å². The van der Waals surface area contributed by atoms with Crippen molar-refractivity contribution in [2.45, 2.75) is 16.1 Å². The first-order chi connectivity index (χ1) is 6.66. The lowest BCUT2D eigenvalue weighted by molar-refractivity contribution is 0.149. The molecule has 2 atom stereocenters. The van der Waals surface area contributed by atoms with E-state index in [1.165, 1.54) is 6.92 Å². The number of phosphoric acid groups is 1. The fraction of sp³-hybridized carbons (Fsp3) is 1.00. The monoisotopic (exact) mass is 406 g/mol. The van der Waals surface area contributed by atoms with Crippen molar-refractivity contribution >= 4 is 62.9 Å². The van der Waals surface area contributed by atoms with Gasteiger partial charge < -0.3 is 4.89 Å². The van der Waals surface area contributed by atoms with Crippen LogP contribution >= 0.6 is 62.9 Å². The van der Waals surface area contributed by atoms with E-state index >= 15 is 0 Å². The maximum Gasteiger partial charge on any atom is 0.472 e. The van der Waals surface area contributed by atoms with E-state index in [2.05, 4.69) is 40.9 Å². The second kappa shape index (κ2) is 7.17. The normalized spacial score (nSPS) is 18.5. The van der Waals surface area contributed by atoms with Crippen molar-refractivity contribution in [2.24, 2.45) is 0 Å². The van der Waals surface area contributed by atoms with Crippen LogP contribution in [0.2, 0.25) is 0 Å². The van der Waals surface area contributed by atoms with Gasteiger partial charge in [0.2, 0.25) is 0 Å². The molecular weight excluding hydrogens is 398 g/mol. The van der Waals surface area contributed by atoms with E-state index in [0.717, 1.165) is 0 Å². The third kappa shape index (κ3) is 10.5.